The summed E-state index contributed by atoms with van der Waals surface area (Å²) in [6.07, 6.45) is 1.58. The molecule has 0 saturated carbocycles. The van der Waals surface area contributed by atoms with Crippen molar-refractivity contribution in [1.82, 2.24) is 9.78 Å². The van der Waals surface area contributed by atoms with Crippen LogP contribution in [0.3, 0.4) is 0 Å². The maximum atomic E-state index is 11.1. The lowest BCUT2D eigenvalue weighted by Crippen LogP contribution is -2.31. The van der Waals surface area contributed by atoms with E-state index < -0.39 is 6.04 Å². The molecule has 0 fully saturated rings. The number of ether oxygens (including phenoxy) is 1. The zero-order valence-corrected chi connectivity index (χ0v) is 12.0. The van der Waals surface area contributed by atoms with Gasteiger partial charge >= 0.3 is 5.97 Å². The monoisotopic (exact) mass is 271 g/mol. The van der Waals surface area contributed by atoms with Crippen molar-refractivity contribution in [2.45, 2.75) is 31.6 Å². The van der Waals surface area contributed by atoms with Gasteiger partial charge in [0.05, 0.1) is 12.8 Å². The van der Waals surface area contributed by atoms with E-state index in [9.17, 15) is 4.79 Å². The fourth-order valence-electron chi connectivity index (χ4n) is 1.54. The Hall–Kier alpha value is -1.01. The minimum Gasteiger partial charge on any atom is -0.468 e. The van der Waals surface area contributed by atoms with Crippen molar-refractivity contribution in [2.24, 2.45) is 12.8 Å². The van der Waals surface area contributed by atoms with Crippen molar-refractivity contribution in [3.05, 3.63) is 17.5 Å². The third-order valence-electron chi connectivity index (χ3n) is 2.72. The predicted molar refractivity (Wildman–Crippen MR) is 73.4 cm³/mol. The average molecular weight is 271 g/mol. The maximum absolute atomic E-state index is 11.1. The second-order valence-electron chi connectivity index (χ2n) is 4.08. The first-order chi connectivity index (χ1) is 8.58. The number of aromatic nitrogens is 2. The Balaban J connectivity index is 2.29. The van der Waals surface area contributed by atoms with Gasteiger partial charge in [0.25, 0.3) is 0 Å². The molecular formula is C12H21N3O2S. The van der Waals surface area contributed by atoms with Gasteiger partial charge in [0.15, 0.2) is 0 Å². The maximum Gasteiger partial charge on any atom is 0.322 e. The number of hydrogen-bond donors (Lipinski definition) is 1. The zero-order valence-electron chi connectivity index (χ0n) is 11.2. The summed E-state index contributed by atoms with van der Waals surface area (Å²) in [6, 6.07) is 1.60. The van der Waals surface area contributed by atoms with Gasteiger partial charge in [-0.05, 0) is 24.7 Å². The highest BCUT2D eigenvalue weighted by Crippen LogP contribution is 2.14. The molecule has 1 heterocycles. The van der Waals surface area contributed by atoms with E-state index in [0.29, 0.717) is 6.42 Å². The second kappa shape index (κ2) is 7.43. The van der Waals surface area contributed by atoms with Crippen LogP contribution in [-0.4, -0.2) is 34.7 Å². The molecule has 1 aromatic rings. The van der Waals surface area contributed by atoms with E-state index >= 15 is 0 Å². The van der Waals surface area contributed by atoms with Gasteiger partial charge in [-0.1, -0.05) is 6.92 Å². The number of carbonyl (C=O) groups excluding carboxylic acids is 1. The summed E-state index contributed by atoms with van der Waals surface area (Å²) in [5.74, 6) is 1.38. The van der Waals surface area contributed by atoms with Crippen molar-refractivity contribution < 1.29 is 9.53 Å². The smallest absolute Gasteiger partial charge is 0.322 e. The van der Waals surface area contributed by atoms with E-state index in [1.165, 1.54) is 12.8 Å². The summed E-state index contributed by atoms with van der Waals surface area (Å²) >= 11 is 1.75. The first kappa shape index (κ1) is 15.0. The minimum absolute atomic E-state index is 0.343. The lowest BCUT2D eigenvalue weighted by atomic mass is 10.2. The van der Waals surface area contributed by atoms with Crippen molar-refractivity contribution in [2.75, 3.05) is 12.9 Å². The van der Waals surface area contributed by atoms with E-state index in [4.69, 9.17) is 5.73 Å². The lowest BCUT2D eigenvalue weighted by molar-refractivity contribution is -0.142. The highest BCUT2D eigenvalue weighted by Gasteiger charge is 2.13. The number of rotatable bonds is 7. The van der Waals surface area contributed by atoms with Crippen LogP contribution < -0.4 is 5.73 Å². The molecule has 18 heavy (non-hydrogen) atoms. The van der Waals surface area contributed by atoms with Crippen LogP contribution in [0.5, 0.6) is 0 Å². The van der Waals surface area contributed by atoms with Crippen LogP contribution in [0.2, 0.25) is 0 Å². The van der Waals surface area contributed by atoms with Crippen LogP contribution in [0, 0.1) is 0 Å². The molecule has 0 aliphatic carbocycles. The number of nitrogens with two attached hydrogens (primary N) is 1. The van der Waals surface area contributed by atoms with E-state index in [1.54, 1.807) is 11.8 Å². The van der Waals surface area contributed by atoms with Crippen LogP contribution in [0.1, 0.15) is 24.7 Å². The molecule has 0 amide bonds. The standard InChI is InChI=1S/C12H21N3O2S/c1-4-9-7-10(15(2)14-9)8-18-6-5-11(13)12(16)17-3/h7,11H,4-6,8,13H2,1-3H3. The third kappa shape index (κ3) is 4.34. The SMILES string of the molecule is CCc1cc(CSCCC(N)C(=O)OC)n(C)n1. The molecule has 6 heteroatoms. The first-order valence-electron chi connectivity index (χ1n) is 6.01. The fourth-order valence-corrected chi connectivity index (χ4v) is 2.58. The van der Waals surface area contributed by atoms with Crippen LogP contribution in [-0.2, 0) is 28.8 Å². The van der Waals surface area contributed by atoms with E-state index in [2.05, 4.69) is 22.8 Å². The Kier molecular flexibility index (Phi) is 6.21. The summed E-state index contributed by atoms with van der Waals surface area (Å²) in [6.45, 7) is 2.09. The summed E-state index contributed by atoms with van der Waals surface area (Å²) in [4.78, 5) is 11.1. The predicted octanol–water partition coefficient (Wildman–Crippen LogP) is 1.11. The van der Waals surface area contributed by atoms with Crippen LogP contribution >= 0.6 is 11.8 Å². The van der Waals surface area contributed by atoms with Gasteiger partial charge in [-0.3, -0.25) is 9.48 Å². The van der Waals surface area contributed by atoms with E-state index in [-0.39, 0.29) is 5.97 Å². The molecule has 1 unspecified atom stereocenters. The molecule has 0 radical (unpaired) electrons. The van der Waals surface area contributed by atoms with Gasteiger partial charge in [0, 0.05) is 18.5 Å². The fraction of sp³-hybridized carbons (Fsp3) is 0.667. The average Bonchev–Trinajstić information content (AvgIpc) is 2.74. The molecule has 0 spiro atoms. The summed E-state index contributed by atoms with van der Waals surface area (Å²) in [5.41, 5.74) is 7.97. The Bertz CT molecular complexity index is 393. The number of hydrogen-bond acceptors (Lipinski definition) is 5. The molecule has 0 saturated heterocycles. The van der Waals surface area contributed by atoms with Crippen LogP contribution in [0.25, 0.3) is 0 Å². The number of methoxy groups -OCH3 is 1. The number of esters is 1. The Morgan fingerprint density at radius 3 is 2.94 bits per heavy atom. The first-order valence-corrected chi connectivity index (χ1v) is 7.16. The third-order valence-corrected chi connectivity index (χ3v) is 3.74. The summed E-state index contributed by atoms with van der Waals surface area (Å²) in [5, 5.41) is 4.39. The molecule has 0 aliphatic heterocycles. The van der Waals surface area contributed by atoms with Gasteiger partial charge in [-0.2, -0.15) is 16.9 Å². The molecule has 1 rings (SSSR count). The van der Waals surface area contributed by atoms with Crippen LogP contribution in [0.4, 0.5) is 0 Å². The number of aryl methyl sites for hydroxylation is 2. The quantitative estimate of drug-likeness (QED) is 0.594. The van der Waals surface area contributed by atoms with Crippen molar-refractivity contribution in [3.8, 4) is 0 Å². The number of nitrogens with zero attached hydrogens (tertiary/aromatic N) is 2. The Labute approximate surface area is 112 Å². The molecule has 5 nitrogen and oxygen atoms in total. The number of carbonyl (C=O) groups is 1. The van der Waals surface area contributed by atoms with Gasteiger partial charge in [-0.25, -0.2) is 0 Å². The molecule has 1 atom stereocenters. The van der Waals surface area contributed by atoms with Crippen molar-refractivity contribution >= 4 is 17.7 Å². The molecule has 1 aromatic heterocycles. The van der Waals surface area contributed by atoms with Crippen molar-refractivity contribution in [3.63, 3.8) is 0 Å². The summed E-state index contributed by atoms with van der Waals surface area (Å²) in [7, 11) is 3.31. The molecule has 0 aromatic carbocycles. The Morgan fingerprint density at radius 1 is 1.67 bits per heavy atom. The van der Waals surface area contributed by atoms with E-state index in [0.717, 1.165) is 23.6 Å². The number of thioether (sulfide) groups is 1. The normalized spacial score (nSPS) is 12.4. The highest BCUT2D eigenvalue weighted by atomic mass is 32.2. The van der Waals surface area contributed by atoms with E-state index in [1.807, 2.05) is 11.7 Å². The largest absolute Gasteiger partial charge is 0.468 e. The van der Waals surface area contributed by atoms with Gasteiger partial charge < -0.3 is 10.5 Å². The minimum atomic E-state index is -0.514. The van der Waals surface area contributed by atoms with Crippen molar-refractivity contribution in [1.29, 1.82) is 0 Å². The molecule has 102 valence electrons. The van der Waals surface area contributed by atoms with Gasteiger partial charge in [0.1, 0.15) is 6.04 Å². The second-order valence-corrected chi connectivity index (χ2v) is 5.18. The molecule has 0 aliphatic rings. The molecular weight excluding hydrogens is 250 g/mol. The summed E-state index contributed by atoms with van der Waals surface area (Å²) < 4.78 is 6.49. The lowest BCUT2D eigenvalue weighted by Gasteiger charge is -2.08. The molecule has 0 bridgehead atoms. The van der Waals surface area contributed by atoms with Gasteiger partial charge in [-0.15, -0.1) is 0 Å². The van der Waals surface area contributed by atoms with Gasteiger partial charge in [0.2, 0.25) is 0 Å². The highest BCUT2D eigenvalue weighted by molar-refractivity contribution is 7.98. The molecule has 2 N–H and O–H groups in total. The topological polar surface area (TPSA) is 70.1 Å². The Morgan fingerprint density at radius 2 is 2.39 bits per heavy atom. The zero-order chi connectivity index (χ0) is 13.5. The van der Waals surface area contributed by atoms with Crippen LogP contribution in [0.15, 0.2) is 6.07 Å².